The lowest BCUT2D eigenvalue weighted by molar-refractivity contribution is 0.355. The summed E-state index contributed by atoms with van der Waals surface area (Å²) in [5.41, 5.74) is 2.12. The summed E-state index contributed by atoms with van der Waals surface area (Å²) in [7, 11) is 3.23. The molecule has 0 aliphatic carbocycles. The fourth-order valence-electron chi connectivity index (χ4n) is 1.96. The average molecular weight is 285 g/mol. The van der Waals surface area contributed by atoms with Crippen LogP contribution in [-0.2, 0) is 6.42 Å². The molecule has 4 nitrogen and oxygen atoms in total. The summed E-state index contributed by atoms with van der Waals surface area (Å²) >= 11 is 0. The Morgan fingerprint density at radius 3 is 2.38 bits per heavy atom. The zero-order valence-electron chi connectivity index (χ0n) is 12.2. The topological polar surface area (TPSA) is 51.0 Å². The van der Waals surface area contributed by atoms with Crippen LogP contribution < -0.4 is 9.47 Å². The first-order valence-electron chi connectivity index (χ1n) is 6.72. The maximum atomic E-state index is 9.22. The molecule has 0 spiro atoms. The molecular formula is C17H19NO3. The van der Waals surface area contributed by atoms with Crippen LogP contribution in [0, 0.1) is 0 Å². The second kappa shape index (κ2) is 7.33. The van der Waals surface area contributed by atoms with Gasteiger partial charge in [-0.1, -0.05) is 12.1 Å². The Labute approximate surface area is 124 Å². The van der Waals surface area contributed by atoms with Gasteiger partial charge in [0.25, 0.3) is 0 Å². The van der Waals surface area contributed by atoms with Crippen molar-refractivity contribution < 1.29 is 14.6 Å². The molecule has 2 aromatic rings. The number of rotatable bonds is 6. The Bertz CT molecular complexity index is 606. The lowest BCUT2D eigenvalue weighted by Gasteiger charge is -2.07. The highest BCUT2D eigenvalue weighted by Gasteiger charge is 2.02. The first-order chi connectivity index (χ1) is 10.2. The molecule has 0 aliphatic heterocycles. The van der Waals surface area contributed by atoms with E-state index in [-0.39, 0.29) is 5.75 Å². The van der Waals surface area contributed by atoms with Crippen LogP contribution in [-0.4, -0.2) is 32.1 Å². The van der Waals surface area contributed by atoms with E-state index in [0.717, 1.165) is 17.5 Å². The van der Waals surface area contributed by atoms with E-state index in [4.69, 9.17) is 9.47 Å². The third-order valence-electron chi connectivity index (χ3n) is 3.11. The highest BCUT2D eigenvalue weighted by Crippen LogP contribution is 2.26. The van der Waals surface area contributed by atoms with Crippen LogP contribution in [0.25, 0.3) is 0 Å². The Morgan fingerprint density at radius 2 is 1.71 bits per heavy atom. The van der Waals surface area contributed by atoms with E-state index in [1.54, 1.807) is 26.4 Å². The summed E-state index contributed by atoms with van der Waals surface area (Å²) < 4.78 is 10.4. The fraction of sp³-hybridized carbons (Fsp3) is 0.235. The van der Waals surface area contributed by atoms with Crippen LogP contribution in [0.5, 0.6) is 17.2 Å². The number of hydrogen-bond acceptors (Lipinski definition) is 4. The third kappa shape index (κ3) is 4.24. The molecule has 0 unspecified atom stereocenters. The minimum absolute atomic E-state index is 0.285. The molecule has 0 fully saturated rings. The summed E-state index contributed by atoms with van der Waals surface area (Å²) in [5, 5.41) is 9.22. The van der Waals surface area contributed by atoms with Crippen molar-refractivity contribution in [3.05, 3.63) is 53.6 Å². The van der Waals surface area contributed by atoms with Gasteiger partial charge in [0.1, 0.15) is 5.75 Å². The van der Waals surface area contributed by atoms with Crippen LogP contribution in [0.1, 0.15) is 11.1 Å². The maximum Gasteiger partial charge on any atom is 0.161 e. The van der Waals surface area contributed by atoms with Gasteiger partial charge in [0, 0.05) is 12.8 Å². The van der Waals surface area contributed by atoms with Crippen molar-refractivity contribution in [2.75, 3.05) is 20.8 Å². The van der Waals surface area contributed by atoms with Crippen molar-refractivity contribution in [1.29, 1.82) is 0 Å². The standard InChI is InChI=1S/C17H19NO3/c1-20-16-8-5-14(11-17(16)21-2)12-18-10-9-13-3-6-15(19)7-4-13/h3-8,11-12,19H,9-10H2,1-2H3/b18-12+. The molecule has 110 valence electrons. The van der Waals surface area contributed by atoms with Gasteiger partial charge in [-0.2, -0.15) is 0 Å². The van der Waals surface area contributed by atoms with Crippen molar-refractivity contribution in [1.82, 2.24) is 0 Å². The van der Waals surface area contributed by atoms with Crippen molar-refractivity contribution in [3.63, 3.8) is 0 Å². The number of phenolic OH excluding ortho intramolecular Hbond substituents is 1. The van der Waals surface area contributed by atoms with Crippen LogP contribution in [0.4, 0.5) is 0 Å². The quantitative estimate of drug-likeness (QED) is 0.830. The first-order valence-corrected chi connectivity index (χ1v) is 6.72. The van der Waals surface area contributed by atoms with Gasteiger partial charge in [-0.05, 0) is 47.9 Å². The number of nitrogens with zero attached hydrogens (tertiary/aromatic N) is 1. The molecule has 0 aliphatic rings. The molecule has 0 amide bonds. The molecule has 0 bridgehead atoms. The zero-order valence-corrected chi connectivity index (χ0v) is 12.2. The van der Waals surface area contributed by atoms with Gasteiger partial charge >= 0.3 is 0 Å². The Kier molecular flexibility index (Phi) is 5.21. The van der Waals surface area contributed by atoms with Crippen molar-refractivity contribution >= 4 is 6.21 Å². The Hall–Kier alpha value is -2.49. The molecule has 2 aromatic carbocycles. The Morgan fingerprint density at radius 1 is 1.00 bits per heavy atom. The molecule has 0 radical (unpaired) electrons. The lowest BCUT2D eigenvalue weighted by atomic mass is 10.1. The highest BCUT2D eigenvalue weighted by molar-refractivity contribution is 5.80. The van der Waals surface area contributed by atoms with Crippen molar-refractivity contribution in [3.8, 4) is 17.2 Å². The average Bonchev–Trinajstić information content (AvgIpc) is 2.53. The van der Waals surface area contributed by atoms with Crippen LogP contribution in [0.15, 0.2) is 47.5 Å². The number of benzene rings is 2. The molecule has 1 N–H and O–H groups in total. The minimum atomic E-state index is 0.285. The van der Waals surface area contributed by atoms with Crippen LogP contribution in [0.2, 0.25) is 0 Å². The van der Waals surface area contributed by atoms with E-state index in [1.165, 1.54) is 0 Å². The zero-order chi connectivity index (χ0) is 15.1. The normalized spacial score (nSPS) is 10.8. The predicted octanol–water partition coefficient (Wildman–Crippen LogP) is 3.07. The predicted molar refractivity (Wildman–Crippen MR) is 83.8 cm³/mol. The van der Waals surface area contributed by atoms with Gasteiger partial charge in [0.15, 0.2) is 11.5 Å². The summed E-state index contributed by atoms with van der Waals surface area (Å²) in [6, 6.07) is 12.9. The van der Waals surface area contributed by atoms with E-state index in [2.05, 4.69) is 4.99 Å². The molecule has 0 heterocycles. The SMILES string of the molecule is COc1ccc(/C=N/CCc2ccc(O)cc2)cc1OC. The number of aliphatic imine (C=N–C) groups is 1. The Balaban J connectivity index is 1.93. The molecule has 0 aromatic heterocycles. The van der Waals surface area contributed by atoms with Gasteiger partial charge in [-0.3, -0.25) is 4.99 Å². The van der Waals surface area contributed by atoms with Crippen molar-refractivity contribution in [2.45, 2.75) is 6.42 Å². The summed E-state index contributed by atoms with van der Waals surface area (Å²) in [6.45, 7) is 0.694. The van der Waals surface area contributed by atoms with E-state index in [1.807, 2.05) is 36.5 Å². The largest absolute Gasteiger partial charge is 0.508 e. The summed E-state index contributed by atoms with van der Waals surface area (Å²) in [6.07, 6.45) is 2.66. The molecule has 0 atom stereocenters. The van der Waals surface area contributed by atoms with Gasteiger partial charge in [0.05, 0.1) is 14.2 Å². The first kappa shape index (κ1) is 14.9. The summed E-state index contributed by atoms with van der Waals surface area (Å²) in [4.78, 5) is 4.41. The maximum absolute atomic E-state index is 9.22. The number of ether oxygens (including phenoxy) is 2. The molecule has 21 heavy (non-hydrogen) atoms. The van der Waals surface area contributed by atoms with Gasteiger partial charge in [-0.15, -0.1) is 0 Å². The van der Waals surface area contributed by atoms with Crippen LogP contribution >= 0.6 is 0 Å². The smallest absolute Gasteiger partial charge is 0.161 e. The molecular weight excluding hydrogens is 266 g/mol. The van der Waals surface area contributed by atoms with E-state index >= 15 is 0 Å². The molecule has 2 rings (SSSR count). The van der Waals surface area contributed by atoms with E-state index in [9.17, 15) is 5.11 Å². The minimum Gasteiger partial charge on any atom is -0.508 e. The number of hydrogen-bond donors (Lipinski definition) is 1. The van der Waals surface area contributed by atoms with Gasteiger partial charge in [0.2, 0.25) is 0 Å². The number of aromatic hydroxyl groups is 1. The van der Waals surface area contributed by atoms with Gasteiger partial charge < -0.3 is 14.6 Å². The van der Waals surface area contributed by atoms with Gasteiger partial charge in [-0.25, -0.2) is 0 Å². The van der Waals surface area contributed by atoms with E-state index < -0.39 is 0 Å². The number of methoxy groups -OCH3 is 2. The van der Waals surface area contributed by atoms with Crippen molar-refractivity contribution in [2.24, 2.45) is 4.99 Å². The lowest BCUT2D eigenvalue weighted by Crippen LogP contribution is -1.93. The second-order valence-corrected chi connectivity index (χ2v) is 4.57. The summed E-state index contributed by atoms with van der Waals surface area (Å²) in [5.74, 6) is 1.69. The number of phenols is 1. The monoisotopic (exact) mass is 285 g/mol. The third-order valence-corrected chi connectivity index (χ3v) is 3.11. The van der Waals surface area contributed by atoms with Crippen LogP contribution in [0.3, 0.4) is 0 Å². The molecule has 0 saturated carbocycles. The highest BCUT2D eigenvalue weighted by atomic mass is 16.5. The second-order valence-electron chi connectivity index (χ2n) is 4.57. The fourth-order valence-corrected chi connectivity index (χ4v) is 1.96. The van der Waals surface area contributed by atoms with E-state index in [0.29, 0.717) is 18.0 Å². The molecule has 4 heteroatoms. The molecule has 0 saturated heterocycles.